The minimum absolute atomic E-state index is 0.0352. The molecule has 0 bridgehead atoms. The zero-order chi connectivity index (χ0) is 17.7. The van der Waals surface area contributed by atoms with Gasteiger partial charge < -0.3 is 15.2 Å². The Morgan fingerprint density at radius 3 is 2.64 bits per heavy atom. The largest absolute Gasteiger partial charge is 0.396 e. The van der Waals surface area contributed by atoms with Crippen molar-refractivity contribution in [2.24, 2.45) is 5.92 Å². The SMILES string of the molecule is CC1(CNC(=O)c2ccc(CN3CCC(CO)CC3)cc2)CCCO1. The monoisotopic (exact) mass is 346 g/mol. The third kappa shape index (κ3) is 5.03. The van der Waals surface area contributed by atoms with E-state index in [-0.39, 0.29) is 11.5 Å². The molecule has 2 heterocycles. The molecule has 25 heavy (non-hydrogen) atoms. The maximum Gasteiger partial charge on any atom is 0.251 e. The summed E-state index contributed by atoms with van der Waals surface area (Å²) in [6.07, 6.45) is 4.20. The van der Waals surface area contributed by atoms with Gasteiger partial charge in [0.25, 0.3) is 5.91 Å². The second kappa shape index (κ2) is 8.30. The first-order valence-corrected chi connectivity index (χ1v) is 9.42. The lowest BCUT2D eigenvalue weighted by molar-refractivity contribution is 0.0206. The van der Waals surface area contributed by atoms with Gasteiger partial charge in [-0.05, 0) is 69.3 Å². The number of amides is 1. The molecule has 5 heteroatoms. The van der Waals surface area contributed by atoms with Crippen molar-refractivity contribution >= 4 is 5.91 Å². The summed E-state index contributed by atoms with van der Waals surface area (Å²) in [5.41, 5.74) is 1.71. The number of carbonyl (C=O) groups is 1. The van der Waals surface area contributed by atoms with Gasteiger partial charge in [-0.3, -0.25) is 9.69 Å². The molecule has 1 aromatic rings. The third-order valence-electron chi connectivity index (χ3n) is 5.51. The molecule has 3 rings (SSSR count). The fourth-order valence-corrected chi connectivity index (χ4v) is 3.69. The molecule has 0 aromatic heterocycles. The zero-order valence-electron chi connectivity index (χ0n) is 15.2. The molecule has 0 saturated carbocycles. The van der Waals surface area contributed by atoms with Crippen molar-refractivity contribution in [1.29, 1.82) is 0 Å². The van der Waals surface area contributed by atoms with Gasteiger partial charge in [-0.2, -0.15) is 0 Å². The summed E-state index contributed by atoms with van der Waals surface area (Å²) in [4.78, 5) is 14.7. The van der Waals surface area contributed by atoms with E-state index in [1.807, 2.05) is 24.3 Å². The number of piperidine rings is 1. The zero-order valence-corrected chi connectivity index (χ0v) is 15.2. The second-order valence-electron chi connectivity index (χ2n) is 7.68. The molecule has 1 aromatic carbocycles. The third-order valence-corrected chi connectivity index (χ3v) is 5.51. The minimum atomic E-state index is -0.212. The fourth-order valence-electron chi connectivity index (χ4n) is 3.69. The molecule has 2 aliphatic rings. The van der Waals surface area contributed by atoms with E-state index >= 15 is 0 Å². The Kier molecular flexibility index (Phi) is 6.10. The molecule has 1 amide bonds. The van der Waals surface area contributed by atoms with Crippen molar-refractivity contribution in [3.05, 3.63) is 35.4 Å². The molecule has 0 spiro atoms. The van der Waals surface area contributed by atoms with Crippen LogP contribution in [0.25, 0.3) is 0 Å². The molecule has 138 valence electrons. The molecule has 0 aliphatic carbocycles. The first-order valence-electron chi connectivity index (χ1n) is 9.42. The Bertz CT molecular complexity index is 559. The number of ether oxygens (including phenoxy) is 1. The van der Waals surface area contributed by atoms with Crippen LogP contribution in [0.15, 0.2) is 24.3 Å². The Labute approximate surface area is 150 Å². The molecule has 2 aliphatic heterocycles. The highest BCUT2D eigenvalue weighted by molar-refractivity contribution is 5.94. The number of hydrogen-bond acceptors (Lipinski definition) is 4. The predicted molar refractivity (Wildman–Crippen MR) is 97.5 cm³/mol. The van der Waals surface area contributed by atoms with Gasteiger partial charge in [0.1, 0.15) is 0 Å². The van der Waals surface area contributed by atoms with E-state index in [2.05, 4.69) is 17.1 Å². The smallest absolute Gasteiger partial charge is 0.251 e. The molecule has 0 radical (unpaired) electrons. The van der Waals surface area contributed by atoms with E-state index in [9.17, 15) is 9.90 Å². The number of likely N-dealkylation sites (tertiary alicyclic amines) is 1. The quantitative estimate of drug-likeness (QED) is 0.829. The Balaban J connectivity index is 1.47. The van der Waals surface area contributed by atoms with Gasteiger partial charge in [-0.25, -0.2) is 0 Å². The normalized spacial score (nSPS) is 25.2. The Morgan fingerprint density at radius 2 is 2.04 bits per heavy atom. The number of benzene rings is 1. The first-order chi connectivity index (χ1) is 12.1. The van der Waals surface area contributed by atoms with Crippen LogP contribution in [0.3, 0.4) is 0 Å². The molecule has 2 N–H and O–H groups in total. The van der Waals surface area contributed by atoms with E-state index in [0.29, 0.717) is 24.6 Å². The maximum atomic E-state index is 12.3. The highest BCUT2D eigenvalue weighted by Crippen LogP contribution is 2.24. The van der Waals surface area contributed by atoms with Crippen molar-refractivity contribution in [3.8, 4) is 0 Å². The van der Waals surface area contributed by atoms with Crippen LogP contribution in [-0.4, -0.2) is 54.4 Å². The van der Waals surface area contributed by atoms with Crippen LogP contribution in [-0.2, 0) is 11.3 Å². The van der Waals surface area contributed by atoms with Gasteiger partial charge in [0, 0.05) is 31.9 Å². The topological polar surface area (TPSA) is 61.8 Å². The lowest BCUT2D eigenvalue weighted by atomic mass is 9.97. The summed E-state index contributed by atoms with van der Waals surface area (Å²) in [5.74, 6) is 0.431. The molecule has 5 nitrogen and oxygen atoms in total. The molecule has 1 atom stereocenters. The first kappa shape index (κ1) is 18.4. The van der Waals surface area contributed by atoms with Crippen LogP contribution in [0.2, 0.25) is 0 Å². The van der Waals surface area contributed by atoms with Crippen molar-refractivity contribution in [3.63, 3.8) is 0 Å². The van der Waals surface area contributed by atoms with Gasteiger partial charge >= 0.3 is 0 Å². The van der Waals surface area contributed by atoms with Gasteiger partial charge in [0.15, 0.2) is 0 Å². The number of nitrogens with one attached hydrogen (secondary N) is 1. The average molecular weight is 346 g/mol. The van der Waals surface area contributed by atoms with Crippen LogP contribution < -0.4 is 5.32 Å². The lowest BCUT2D eigenvalue weighted by Gasteiger charge is -2.31. The van der Waals surface area contributed by atoms with Crippen LogP contribution in [0.1, 0.15) is 48.5 Å². The van der Waals surface area contributed by atoms with Crippen molar-refractivity contribution in [1.82, 2.24) is 10.2 Å². The standard InChI is InChI=1S/C20H30N2O3/c1-20(9-2-12-25-20)15-21-19(24)18-5-3-16(4-6-18)13-22-10-7-17(14-23)8-11-22/h3-6,17,23H,2,7-15H2,1H3,(H,21,24). The average Bonchev–Trinajstić information content (AvgIpc) is 3.08. The van der Waals surface area contributed by atoms with Gasteiger partial charge in [-0.15, -0.1) is 0 Å². The second-order valence-corrected chi connectivity index (χ2v) is 7.68. The van der Waals surface area contributed by atoms with Crippen molar-refractivity contribution < 1.29 is 14.6 Å². The van der Waals surface area contributed by atoms with E-state index < -0.39 is 0 Å². The van der Waals surface area contributed by atoms with Gasteiger partial charge in [-0.1, -0.05) is 12.1 Å². The number of aliphatic hydroxyl groups is 1. The Hall–Kier alpha value is -1.43. The summed E-state index contributed by atoms with van der Waals surface area (Å²) >= 11 is 0. The molecule has 2 saturated heterocycles. The molecule has 2 fully saturated rings. The fraction of sp³-hybridized carbons (Fsp3) is 0.650. The summed E-state index contributed by atoms with van der Waals surface area (Å²) in [6, 6.07) is 7.90. The number of nitrogens with zero attached hydrogens (tertiary/aromatic N) is 1. The molecule has 1 unspecified atom stereocenters. The van der Waals surface area contributed by atoms with Crippen molar-refractivity contribution in [2.75, 3.05) is 32.8 Å². The summed E-state index contributed by atoms with van der Waals surface area (Å²) in [5, 5.41) is 12.2. The van der Waals surface area contributed by atoms with Gasteiger partial charge in [0.2, 0.25) is 0 Å². The predicted octanol–water partition coefficient (Wildman–Crippen LogP) is 2.19. The summed E-state index contributed by atoms with van der Waals surface area (Å²) in [6.45, 7) is 6.69. The minimum Gasteiger partial charge on any atom is -0.396 e. The van der Waals surface area contributed by atoms with Gasteiger partial charge in [0.05, 0.1) is 5.60 Å². The number of hydrogen-bond donors (Lipinski definition) is 2. The van der Waals surface area contributed by atoms with Crippen LogP contribution in [0.5, 0.6) is 0 Å². The lowest BCUT2D eigenvalue weighted by Crippen LogP contribution is -2.40. The maximum absolute atomic E-state index is 12.3. The van der Waals surface area contributed by atoms with E-state index in [4.69, 9.17) is 4.74 Å². The highest BCUT2D eigenvalue weighted by Gasteiger charge is 2.30. The number of carbonyl (C=O) groups excluding carboxylic acids is 1. The summed E-state index contributed by atoms with van der Waals surface area (Å²) < 4.78 is 5.71. The van der Waals surface area contributed by atoms with Crippen LogP contribution in [0, 0.1) is 5.92 Å². The molecular formula is C20H30N2O3. The van der Waals surface area contributed by atoms with E-state index in [1.165, 1.54) is 5.56 Å². The number of rotatable bonds is 6. The van der Waals surface area contributed by atoms with Crippen LogP contribution >= 0.6 is 0 Å². The van der Waals surface area contributed by atoms with Crippen molar-refractivity contribution in [2.45, 2.75) is 44.8 Å². The highest BCUT2D eigenvalue weighted by atomic mass is 16.5. The van der Waals surface area contributed by atoms with E-state index in [1.54, 1.807) is 0 Å². The Morgan fingerprint density at radius 1 is 1.32 bits per heavy atom. The molecular weight excluding hydrogens is 316 g/mol. The van der Waals surface area contributed by atoms with Crippen LogP contribution in [0.4, 0.5) is 0 Å². The number of aliphatic hydroxyl groups excluding tert-OH is 1. The summed E-state index contributed by atoms with van der Waals surface area (Å²) in [7, 11) is 0. The van der Waals surface area contributed by atoms with E-state index in [0.717, 1.165) is 51.9 Å².